The minimum Gasteiger partial charge on any atom is -0.372 e. The van der Waals surface area contributed by atoms with Gasteiger partial charge in [0, 0.05) is 11.4 Å². The van der Waals surface area contributed by atoms with Gasteiger partial charge in [-0.2, -0.15) is 0 Å². The van der Waals surface area contributed by atoms with Crippen LogP contribution in [0.5, 0.6) is 0 Å². The molecule has 0 aromatic heterocycles. The van der Waals surface area contributed by atoms with E-state index >= 15 is 0 Å². The smallest absolute Gasteiger partial charge is 0.143 e. The van der Waals surface area contributed by atoms with Crippen molar-refractivity contribution < 1.29 is 5.11 Å². The third-order valence-electron chi connectivity index (χ3n) is 1.88. The molecule has 0 spiro atoms. The van der Waals surface area contributed by atoms with Gasteiger partial charge in [-0.1, -0.05) is 42.2 Å². The number of benzene rings is 1. The molecule has 1 aliphatic rings. The fraction of sp³-hybridized carbons (Fsp3) is 0.222. The van der Waals surface area contributed by atoms with Gasteiger partial charge in [-0.3, -0.25) is 0 Å². The Morgan fingerprint density at radius 3 is 2.62 bits per heavy atom. The summed E-state index contributed by atoms with van der Waals surface area (Å²) in [5, 5.41) is 9.63. The summed E-state index contributed by atoms with van der Waals surface area (Å²) in [7, 11) is 0. The Morgan fingerprint density at radius 1 is 1.38 bits per heavy atom. The quantitative estimate of drug-likeness (QED) is 0.716. The number of hydrogen-bond acceptors (Lipinski definition) is 3. The van der Waals surface area contributed by atoms with Gasteiger partial charge in [0.15, 0.2) is 0 Å². The monoisotopic (exact) mass is 211 g/mol. The van der Waals surface area contributed by atoms with Crippen LogP contribution < -0.4 is 4.90 Å². The van der Waals surface area contributed by atoms with Crippen LogP contribution in [0.1, 0.15) is 0 Å². The molecule has 1 fully saturated rings. The summed E-state index contributed by atoms with van der Waals surface area (Å²) >= 11 is 6.64. The van der Waals surface area contributed by atoms with Crippen molar-refractivity contribution in [2.75, 3.05) is 10.7 Å². The Bertz CT molecular complexity index is 315. The van der Waals surface area contributed by atoms with Gasteiger partial charge in [0.25, 0.3) is 0 Å². The van der Waals surface area contributed by atoms with Gasteiger partial charge in [-0.25, -0.2) is 0 Å². The summed E-state index contributed by atoms with van der Waals surface area (Å²) in [6.45, 7) is 0. The molecule has 0 saturated carbocycles. The van der Waals surface area contributed by atoms with Crippen LogP contribution in [0.25, 0.3) is 0 Å². The van der Waals surface area contributed by atoms with Crippen molar-refractivity contribution in [2.45, 2.75) is 6.23 Å². The first-order valence-corrected chi connectivity index (χ1v) is 5.37. The highest BCUT2D eigenvalue weighted by molar-refractivity contribution is 8.23. The largest absolute Gasteiger partial charge is 0.372 e. The first-order chi connectivity index (χ1) is 6.29. The minimum atomic E-state index is -0.472. The molecular formula is C9H9NOS2. The third kappa shape index (κ3) is 1.70. The summed E-state index contributed by atoms with van der Waals surface area (Å²) in [6, 6.07) is 9.71. The van der Waals surface area contributed by atoms with E-state index in [0.717, 1.165) is 10.0 Å². The van der Waals surface area contributed by atoms with E-state index in [1.165, 1.54) is 11.8 Å². The second-order valence-electron chi connectivity index (χ2n) is 2.76. The Balaban J connectivity index is 2.30. The molecule has 1 aliphatic heterocycles. The zero-order valence-electron chi connectivity index (χ0n) is 6.88. The number of aliphatic hydroxyl groups is 1. The molecule has 13 heavy (non-hydrogen) atoms. The van der Waals surface area contributed by atoms with Crippen LogP contribution in [-0.4, -0.2) is 21.4 Å². The number of thioether (sulfide) groups is 1. The van der Waals surface area contributed by atoms with Crippen LogP contribution in [0.2, 0.25) is 0 Å². The second kappa shape index (κ2) is 3.65. The molecule has 2 rings (SSSR count). The Kier molecular flexibility index (Phi) is 2.53. The van der Waals surface area contributed by atoms with E-state index in [1.807, 2.05) is 30.3 Å². The summed E-state index contributed by atoms with van der Waals surface area (Å²) in [4.78, 5) is 1.78. The number of hydrogen-bond donors (Lipinski definition) is 1. The van der Waals surface area contributed by atoms with E-state index < -0.39 is 6.23 Å². The van der Waals surface area contributed by atoms with Gasteiger partial charge >= 0.3 is 0 Å². The lowest BCUT2D eigenvalue weighted by Crippen LogP contribution is -2.32. The SMILES string of the molecule is O[C@H]1CSC(=S)N1c1ccccc1. The van der Waals surface area contributed by atoms with Crippen molar-refractivity contribution in [2.24, 2.45) is 0 Å². The van der Waals surface area contributed by atoms with Crippen molar-refractivity contribution in [3.05, 3.63) is 30.3 Å². The van der Waals surface area contributed by atoms with Gasteiger partial charge < -0.3 is 10.0 Å². The van der Waals surface area contributed by atoms with E-state index in [9.17, 15) is 5.11 Å². The number of nitrogens with zero attached hydrogens (tertiary/aromatic N) is 1. The number of aliphatic hydroxyl groups excluding tert-OH is 1. The van der Waals surface area contributed by atoms with Gasteiger partial charge in [0.05, 0.1) is 0 Å². The van der Waals surface area contributed by atoms with Gasteiger partial charge in [-0.05, 0) is 12.1 Å². The molecule has 0 aliphatic carbocycles. The lowest BCUT2D eigenvalue weighted by molar-refractivity contribution is 0.213. The first kappa shape index (κ1) is 8.99. The van der Waals surface area contributed by atoms with Crippen LogP contribution in [0.4, 0.5) is 5.69 Å². The Morgan fingerprint density at radius 2 is 2.08 bits per heavy atom. The van der Waals surface area contributed by atoms with Crippen LogP contribution in [-0.2, 0) is 0 Å². The summed E-state index contributed by atoms with van der Waals surface area (Å²) in [5.41, 5.74) is 0.963. The lowest BCUT2D eigenvalue weighted by Gasteiger charge is -2.20. The zero-order valence-corrected chi connectivity index (χ0v) is 8.52. The number of para-hydroxylation sites is 1. The number of rotatable bonds is 1. The highest BCUT2D eigenvalue weighted by Gasteiger charge is 2.27. The van der Waals surface area contributed by atoms with Crippen molar-refractivity contribution in [3.63, 3.8) is 0 Å². The van der Waals surface area contributed by atoms with Crippen LogP contribution in [0.3, 0.4) is 0 Å². The van der Waals surface area contributed by atoms with Crippen molar-refractivity contribution in [1.82, 2.24) is 0 Å². The third-order valence-corrected chi connectivity index (χ3v) is 3.34. The molecule has 2 nitrogen and oxygen atoms in total. The van der Waals surface area contributed by atoms with Gasteiger partial charge in [0.1, 0.15) is 10.5 Å². The molecule has 0 radical (unpaired) electrons. The summed E-state index contributed by atoms with van der Waals surface area (Å²) in [5.74, 6) is 0.660. The molecule has 4 heteroatoms. The highest BCUT2D eigenvalue weighted by Crippen LogP contribution is 2.28. The van der Waals surface area contributed by atoms with E-state index in [0.29, 0.717) is 5.75 Å². The molecule has 0 amide bonds. The van der Waals surface area contributed by atoms with Crippen molar-refractivity contribution >= 4 is 34.0 Å². The molecule has 68 valence electrons. The Labute approximate surface area is 86.6 Å². The normalized spacial score (nSPS) is 22.4. The molecule has 1 aromatic carbocycles. The molecule has 0 bridgehead atoms. The van der Waals surface area contributed by atoms with E-state index in [2.05, 4.69) is 0 Å². The predicted molar refractivity (Wildman–Crippen MR) is 60.0 cm³/mol. The molecular weight excluding hydrogens is 202 g/mol. The van der Waals surface area contributed by atoms with Crippen LogP contribution >= 0.6 is 24.0 Å². The predicted octanol–water partition coefficient (Wildman–Crippen LogP) is 1.84. The van der Waals surface area contributed by atoms with E-state index in [4.69, 9.17) is 12.2 Å². The number of thiocarbonyl (C=S) groups is 1. The fourth-order valence-electron chi connectivity index (χ4n) is 1.28. The van der Waals surface area contributed by atoms with Gasteiger partial charge in [-0.15, -0.1) is 0 Å². The molecule has 0 unspecified atom stereocenters. The topological polar surface area (TPSA) is 23.5 Å². The van der Waals surface area contributed by atoms with Gasteiger partial charge in [0.2, 0.25) is 0 Å². The fourth-order valence-corrected chi connectivity index (χ4v) is 2.52. The molecule has 1 N–H and O–H groups in total. The molecule has 1 aromatic rings. The standard InChI is InChI=1S/C9H9NOS2/c11-8-6-13-9(12)10(8)7-4-2-1-3-5-7/h1-5,8,11H,6H2/t8-/m0/s1. The summed E-state index contributed by atoms with van der Waals surface area (Å²) in [6.07, 6.45) is -0.472. The van der Waals surface area contributed by atoms with Crippen LogP contribution in [0, 0.1) is 0 Å². The maximum atomic E-state index is 9.63. The lowest BCUT2D eigenvalue weighted by atomic mass is 10.3. The maximum Gasteiger partial charge on any atom is 0.143 e. The maximum absolute atomic E-state index is 9.63. The van der Waals surface area contributed by atoms with Crippen LogP contribution in [0.15, 0.2) is 30.3 Å². The first-order valence-electron chi connectivity index (χ1n) is 3.98. The average Bonchev–Trinajstić information content (AvgIpc) is 2.48. The molecule has 1 heterocycles. The second-order valence-corrected chi connectivity index (χ2v) is 4.42. The van der Waals surface area contributed by atoms with E-state index in [-0.39, 0.29) is 0 Å². The zero-order chi connectivity index (χ0) is 9.26. The summed E-state index contributed by atoms with van der Waals surface area (Å²) < 4.78 is 0.749. The van der Waals surface area contributed by atoms with Crippen molar-refractivity contribution in [3.8, 4) is 0 Å². The van der Waals surface area contributed by atoms with E-state index in [1.54, 1.807) is 4.90 Å². The highest BCUT2D eigenvalue weighted by atomic mass is 32.2. The molecule has 1 atom stereocenters. The number of anilines is 1. The minimum absolute atomic E-state index is 0.472. The average molecular weight is 211 g/mol. The Hall–Kier alpha value is -0.580. The molecule has 1 saturated heterocycles. The van der Waals surface area contributed by atoms with Crippen molar-refractivity contribution in [1.29, 1.82) is 0 Å².